The molecule has 0 heterocycles. The summed E-state index contributed by atoms with van der Waals surface area (Å²) in [5.41, 5.74) is 4.04. The Morgan fingerprint density at radius 2 is 1.73 bits per heavy atom. The first-order valence-corrected chi connectivity index (χ1v) is 9.75. The summed E-state index contributed by atoms with van der Waals surface area (Å²) in [5, 5.41) is 6.99. The van der Waals surface area contributed by atoms with Crippen LogP contribution in [0.15, 0.2) is 48.9 Å². The van der Waals surface area contributed by atoms with Gasteiger partial charge in [-0.15, -0.1) is 0 Å². The second-order valence-electron chi connectivity index (χ2n) is 5.01. The zero-order valence-corrected chi connectivity index (χ0v) is 18.7. The minimum Gasteiger partial charge on any atom is -0.493 e. The molecule has 0 fully saturated rings. The van der Waals surface area contributed by atoms with Gasteiger partial charge in [-0.1, -0.05) is 0 Å². The van der Waals surface area contributed by atoms with Crippen LogP contribution in [-0.4, -0.2) is 32.9 Å². The Kier molecular flexibility index (Phi) is 7.92. The maximum Gasteiger partial charge on any atom is 0.259 e. The molecule has 0 aliphatic heterocycles. The monoisotopic (exact) mass is 547 g/mol. The molecule has 9 heteroatoms. The van der Waals surface area contributed by atoms with E-state index < -0.39 is 0 Å². The van der Waals surface area contributed by atoms with Crippen molar-refractivity contribution in [3.63, 3.8) is 0 Å². The van der Waals surface area contributed by atoms with Crippen molar-refractivity contribution >= 4 is 65.6 Å². The summed E-state index contributed by atoms with van der Waals surface area (Å²) in [7, 11) is 3.13. The van der Waals surface area contributed by atoms with Crippen molar-refractivity contribution in [3.8, 4) is 11.5 Å². The number of ether oxygens (including phenoxy) is 2. The molecule has 0 unspecified atom stereocenters. The highest BCUT2D eigenvalue weighted by atomic mass is 79.9. The molecule has 26 heavy (non-hydrogen) atoms. The van der Waals surface area contributed by atoms with Gasteiger partial charge in [0.15, 0.2) is 11.5 Å². The van der Waals surface area contributed by atoms with E-state index in [0.29, 0.717) is 11.5 Å². The molecule has 1 amide bonds. The van der Waals surface area contributed by atoms with E-state index in [1.165, 1.54) is 6.21 Å². The SMILES string of the molecule is COc1ccc(/C=N/NC(=O)CNc2cc(Br)c(Br)cc2Br)cc1OC. The lowest BCUT2D eigenvalue weighted by atomic mass is 10.2. The molecule has 0 aliphatic rings. The molecule has 0 saturated heterocycles. The maximum atomic E-state index is 11.9. The first kappa shape index (κ1) is 20.7. The number of anilines is 1. The van der Waals surface area contributed by atoms with Crippen LogP contribution in [-0.2, 0) is 4.79 Å². The zero-order chi connectivity index (χ0) is 19.1. The van der Waals surface area contributed by atoms with Crippen LogP contribution >= 0.6 is 47.8 Å². The quantitative estimate of drug-likeness (QED) is 0.302. The normalized spacial score (nSPS) is 10.7. The van der Waals surface area contributed by atoms with Crippen molar-refractivity contribution in [3.05, 3.63) is 49.3 Å². The van der Waals surface area contributed by atoms with Crippen LogP contribution in [0.3, 0.4) is 0 Å². The highest BCUT2D eigenvalue weighted by Gasteiger charge is 2.07. The lowest BCUT2D eigenvalue weighted by Gasteiger charge is -2.09. The molecule has 2 aromatic rings. The molecule has 138 valence electrons. The average Bonchev–Trinajstić information content (AvgIpc) is 2.63. The number of hydrogen-bond donors (Lipinski definition) is 2. The number of nitrogens with zero attached hydrogens (tertiary/aromatic N) is 1. The molecule has 2 rings (SSSR count). The summed E-state index contributed by atoms with van der Waals surface area (Å²) in [5.74, 6) is 0.951. The van der Waals surface area contributed by atoms with Gasteiger partial charge in [0.25, 0.3) is 5.91 Å². The summed E-state index contributed by atoms with van der Waals surface area (Å²) >= 11 is 10.3. The van der Waals surface area contributed by atoms with Crippen LogP contribution < -0.4 is 20.2 Å². The number of carbonyl (C=O) groups excluding carboxylic acids is 1. The molecule has 0 atom stereocenters. The van der Waals surface area contributed by atoms with Crippen LogP contribution in [0.1, 0.15) is 5.56 Å². The Morgan fingerprint density at radius 1 is 1.04 bits per heavy atom. The van der Waals surface area contributed by atoms with Crippen molar-refractivity contribution in [1.29, 1.82) is 0 Å². The number of nitrogens with one attached hydrogen (secondary N) is 2. The Hall–Kier alpha value is -1.58. The second kappa shape index (κ2) is 9.94. The number of hydrazone groups is 1. The van der Waals surface area contributed by atoms with E-state index in [2.05, 4.69) is 63.6 Å². The molecule has 2 aromatic carbocycles. The molecule has 0 radical (unpaired) electrons. The van der Waals surface area contributed by atoms with Gasteiger partial charge in [0.1, 0.15) is 0 Å². The zero-order valence-electron chi connectivity index (χ0n) is 14.0. The second-order valence-corrected chi connectivity index (χ2v) is 7.57. The predicted octanol–water partition coefficient (Wildman–Crippen LogP) is 4.55. The van der Waals surface area contributed by atoms with Crippen LogP contribution in [0.2, 0.25) is 0 Å². The van der Waals surface area contributed by atoms with Crippen molar-refractivity contribution in [2.24, 2.45) is 5.10 Å². The van der Waals surface area contributed by atoms with Crippen molar-refractivity contribution in [1.82, 2.24) is 5.43 Å². The van der Waals surface area contributed by atoms with E-state index in [1.54, 1.807) is 26.4 Å². The number of hydrogen-bond acceptors (Lipinski definition) is 5. The highest BCUT2D eigenvalue weighted by molar-refractivity contribution is 9.13. The molecule has 6 nitrogen and oxygen atoms in total. The molecule has 0 spiro atoms. The number of halogens is 3. The number of rotatable bonds is 7. The maximum absolute atomic E-state index is 11.9. The van der Waals surface area contributed by atoms with Gasteiger partial charge in [0.05, 0.1) is 32.7 Å². The van der Waals surface area contributed by atoms with E-state index in [4.69, 9.17) is 9.47 Å². The molecule has 0 saturated carbocycles. The van der Waals surface area contributed by atoms with E-state index in [0.717, 1.165) is 24.7 Å². The topological polar surface area (TPSA) is 72.0 Å². The standard InChI is InChI=1S/C17H16Br3N3O3/c1-25-15-4-3-10(5-16(15)26-2)8-22-23-17(24)9-21-14-7-12(19)11(18)6-13(14)20/h3-8,21H,9H2,1-2H3,(H,23,24)/b22-8+. The fourth-order valence-corrected chi connectivity index (χ4v) is 3.46. The van der Waals surface area contributed by atoms with Gasteiger partial charge in [-0.2, -0.15) is 5.10 Å². The van der Waals surface area contributed by atoms with Crippen molar-refractivity contribution in [2.75, 3.05) is 26.1 Å². The summed E-state index contributed by atoms with van der Waals surface area (Å²) in [4.78, 5) is 11.9. The van der Waals surface area contributed by atoms with Gasteiger partial charge < -0.3 is 14.8 Å². The first-order chi connectivity index (χ1) is 12.4. The predicted molar refractivity (Wildman–Crippen MR) is 113 cm³/mol. The molecule has 0 aliphatic carbocycles. The highest BCUT2D eigenvalue weighted by Crippen LogP contribution is 2.32. The van der Waals surface area contributed by atoms with E-state index >= 15 is 0 Å². The molecule has 0 aromatic heterocycles. The van der Waals surface area contributed by atoms with Gasteiger partial charge in [0.2, 0.25) is 0 Å². The first-order valence-electron chi connectivity index (χ1n) is 7.37. The van der Waals surface area contributed by atoms with Crippen LogP contribution in [0, 0.1) is 0 Å². The van der Waals surface area contributed by atoms with Gasteiger partial charge in [-0.25, -0.2) is 5.43 Å². The minimum atomic E-state index is -0.271. The summed E-state index contributed by atoms with van der Waals surface area (Å²) in [6, 6.07) is 9.11. The van der Waals surface area contributed by atoms with Gasteiger partial charge in [-0.3, -0.25) is 4.79 Å². The minimum absolute atomic E-state index is 0.0793. The van der Waals surface area contributed by atoms with Gasteiger partial charge >= 0.3 is 0 Å². The third-order valence-corrected chi connectivity index (χ3v) is 5.76. The lowest BCUT2D eigenvalue weighted by Crippen LogP contribution is -2.26. The fraction of sp³-hybridized carbons (Fsp3) is 0.176. The third-order valence-electron chi connectivity index (χ3n) is 3.26. The van der Waals surface area contributed by atoms with E-state index in [-0.39, 0.29) is 12.5 Å². The third kappa shape index (κ3) is 5.72. The Morgan fingerprint density at radius 3 is 2.42 bits per heavy atom. The van der Waals surface area contributed by atoms with E-state index in [1.807, 2.05) is 18.2 Å². The Labute approximate surface area is 176 Å². The van der Waals surface area contributed by atoms with Crippen LogP contribution in [0.5, 0.6) is 11.5 Å². The van der Waals surface area contributed by atoms with E-state index in [9.17, 15) is 4.79 Å². The number of benzene rings is 2. The van der Waals surface area contributed by atoms with Crippen LogP contribution in [0.4, 0.5) is 5.69 Å². The van der Waals surface area contributed by atoms with Gasteiger partial charge in [0, 0.05) is 13.4 Å². The molecule has 0 bridgehead atoms. The van der Waals surface area contributed by atoms with Crippen molar-refractivity contribution < 1.29 is 14.3 Å². The fourth-order valence-electron chi connectivity index (χ4n) is 1.98. The summed E-state index contributed by atoms with van der Waals surface area (Å²) < 4.78 is 13.0. The molecular weight excluding hydrogens is 534 g/mol. The summed E-state index contributed by atoms with van der Waals surface area (Å²) in [6.45, 7) is 0.0793. The lowest BCUT2D eigenvalue weighted by molar-refractivity contribution is -0.119. The number of carbonyl (C=O) groups is 1. The smallest absolute Gasteiger partial charge is 0.259 e. The average molecular weight is 550 g/mol. The number of methoxy groups -OCH3 is 2. The van der Waals surface area contributed by atoms with Crippen molar-refractivity contribution in [2.45, 2.75) is 0 Å². The Bertz CT molecular complexity index is 828. The summed E-state index contributed by atoms with van der Waals surface area (Å²) in [6.07, 6.45) is 1.53. The largest absolute Gasteiger partial charge is 0.493 e. The Balaban J connectivity index is 1.91. The van der Waals surface area contributed by atoms with Gasteiger partial charge in [-0.05, 0) is 83.7 Å². The molecular formula is C17H16Br3N3O3. The molecule has 2 N–H and O–H groups in total. The van der Waals surface area contributed by atoms with Crippen LogP contribution in [0.25, 0.3) is 0 Å². The number of amides is 1.